The van der Waals surface area contributed by atoms with Gasteiger partial charge in [-0.05, 0) is 45.1 Å². The van der Waals surface area contributed by atoms with E-state index in [0.717, 1.165) is 36.1 Å². The molecule has 1 aromatic rings. The van der Waals surface area contributed by atoms with Crippen molar-refractivity contribution in [1.29, 1.82) is 0 Å². The molecule has 0 radical (unpaired) electrons. The third-order valence-electron chi connectivity index (χ3n) is 6.88. The highest BCUT2D eigenvalue weighted by Gasteiger charge is 2.57. The normalized spacial score (nSPS) is 33.0. The van der Waals surface area contributed by atoms with Gasteiger partial charge in [0.1, 0.15) is 18.0 Å². The second-order valence-electron chi connectivity index (χ2n) is 8.29. The van der Waals surface area contributed by atoms with Crippen molar-refractivity contribution < 1.29 is 23.5 Å². The lowest BCUT2D eigenvalue weighted by Gasteiger charge is -2.54. The molecule has 1 heterocycles. The summed E-state index contributed by atoms with van der Waals surface area (Å²) in [6, 6.07) is 0. The Bertz CT molecular complexity index is 774. The highest BCUT2D eigenvalue weighted by atomic mass is 16.6. The van der Waals surface area contributed by atoms with Crippen molar-refractivity contribution in [3.05, 3.63) is 34.8 Å². The van der Waals surface area contributed by atoms with Crippen LogP contribution in [0.25, 0.3) is 0 Å². The first-order chi connectivity index (χ1) is 12.7. The first kappa shape index (κ1) is 19.7. The Kier molecular flexibility index (Phi) is 5.24. The summed E-state index contributed by atoms with van der Waals surface area (Å²) in [7, 11) is 0. The molecule has 5 atom stereocenters. The zero-order valence-corrected chi connectivity index (χ0v) is 17.1. The Labute approximate surface area is 161 Å². The predicted molar refractivity (Wildman–Crippen MR) is 101 cm³/mol. The average Bonchev–Trinajstić information content (AvgIpc) is 2.98. The fourth-order valence-corrected chi connectivity index (χ4v) is 4.89. The number of hydrogen-bond donors (Lipinski definition) is 0. The number of hydrogen-bond acceptors (Lipinski definition) is 5. The molecule has 2 aliphatic rings. The maximum absolute atomic E-state index is 12.3. The Morgan fingerprint density at radius 2 is 1.96 bits per heavy atom. The van der Waals surface area contributed by atoms with Gasteiger partial charge >= 0.3 is 11.9 Å². The fourth-order valence-electron chi connectivity index (χ4n) is 4.89. The van der Waals surface area contributed by atoms with Crippen LogP contribution in [-0.2, 0) is 25.5 Å². The molecule has 1 fully saturated rings. The Hall–Kier alpha value is -2.04. The summed E-state index contributed by atoms with van der Waals surface area (Å²) in [5.74, 6) is 0.721. The van der Waals surface area contributed by atoms with E-state index in [1.807, 2.05) is 13.8 Å². The number of aryl methyl sites for hydroxylation is 1. The first-order valence-electron chi connectivity index (χ1n) is 9.78. The van der Waals surface area contributed by atoms with Gasteiger partial charge in [0, 0.05) is 35.8 Å². The molecule has 1 aromatic heterocycles. The SMILES string of the molecule is CC=C(C)C(=O)OC1CCC2Cc3occ(C)c3C(OC(C)=O)C2(C)C1C. The Morgan fingerprint density at radius 1 is 1.26 bits per heavy atom. The van der Waals surface area contributed by atoms with E-state index in [9.17, 15) is 9.59 Å². The third kappa shape index (κ3) is 3.21. The van der Waals surface area contributed by atoms with Gasteiger partial charge in [-0.15, -0.1) is 0 Å². The highest BCUT2D eigenvalue weighted by Crippen LogP contribution is 2.60. The standard InChI is InChI=1S/C22H30O5/c1-7-12(2)21(24)27-17-9-8-16-10-18-19(13(3)11-25-18)20(26-15(5)23)22(16,6)14(17)4/h7,11,14,16-17,20H,8-10H2,1-6H3. The topological polar surface area (TPSA) is 65.7 Å². The monoisotopic (exact) mass is 374 g/mol. The molecule has 5 heteroatoms. The van der Waals surface area contributed by atoms with Crippen molar-refractivity contribution in [3.8, 4) is 0 Å². The van der Waals surface area contributed by atoms with Crippen LogP contribution in [0.3, 0.4) is 0 Å². The minimum absolute atomic E-state index is 0.0525. The van der Waals surface area contributed by atoms with Crippen LogP contribution in [-0.4, -0.2) is 18.0 Å². The van der Waals surface area contributed by atoms with Crippen molar-refractivity contribution in [2.24, 2.45) is 17.3 Å². The van der Waals surface area contributed by atoms with E-state index in [1.165, 1.54) is 6.92 Å². The van der Waals surface area contributed by atoms with Gasteiger partial charge in [-0.3, -0.25) is 4.79 Å². The zero-order chi connectivity index (χ0) is 19.9. The second kappa shape index (κ2) is 7.17. The van der Waals surface area contributed by atoms with E-state index in [4.69, 9.17) is 13.9 Å². The van der Waals surface area contributed by atoms with Gasteiger partial charge in [-0.2, -0.15) is 0 Å². The van der Waals surface area contributed by atoms with Crippen LogP contribution >= 0.6 is 0 Å². The molecule has 5 nitrogen and oxygen atoms in total. The summed E-state index contributed by atoms with van der Waals surface area (Å²) in [4.78, 5) is 24.3. The molecule has 1 saturated carbocycles. The van der Waals surface area contributed by atoms with E-state index in [0.29, 0.717) is 11.5 Å². The maximum Gasteiger partial charge on any atom is 0.333 e. The highest BCUT2D eigenvalue weighted by molar-refractivity contribution is 5.87. The molecule has 27 heavy (non-hydrogen) atoms. The quantitative estimate of drug-likeness (QED) is 0.568. The van der Waals surface area contributed by atoms with E-state index in [-0.39, 0.29) is 35.5 Å². The maximum atomic E-state index is 12.3. The van der Waals surface area contributed by atoms with Crippen molar-refractivity contribution in [2.45, 2.75) is 73.0 Å². The molecule has 5 unspecified atom stereocenters. The van der Waals surface area contributed by atoms with Crippen molar-refractivity contribution in [3.63, 3.8) is 0 Å². The number of fused-ring (bicyclic) bond motifs is 2. The molecular formula is C22H30O5. The molecular weight excluding hydrogens is 344 g/mol. The van der Waals surface area contributed by atoms with E-state index in [1.54, 1.807) is 19.3 Å². The van der Waals surface area contributed by atoms with Gasteiger partial charge < -0.3 is 13.9 Å². The molecule has 0 saturated heterocycles. The third-order valence-corrected chi connectivity index (χ3v) is 6.88. The lowest BCUT2D eigenvalue weighted by Crippen LogP contribution is -2.53. The van der Waals surface area contributed by atoms with Crippen LogP contribution in [0.1, 0.15) is 70.5 Å². The molecule has 148 valence electrons. The summed E-state index contributed by atoms with van der Waals surface area (Å²) >= 11 is 0. The number of furan rings is 1. The first-order valence-corrected chi connectivity index (χ1v) is 9.78. The van der Waals surface area contributed by atoms with Crippen molar-refractivity contribution >= 4 is 11.9 Å². The number of ether oxygens (including phenoxy) is 2. The van der Waals surface area contributed by atoms with Crippen molar-refractivity contribution in [2.75, 3.05) is 0 Å². The number of rotatable bonds is 3. The molecule has 0 bridgehead atoms. The Morgan fingerprint density at radius 3 is 2.59 bits per heavy atom. The number of carbonyl (C=O) groups excluding carboxylic acids is 2. The van der Waals surface area contributed by atoms with Crippen LogP contribution in [0.4, 0.5) is 0 Å². The molecule has 0 aliphatic heterocycles. The summed E-state index contributed by atoms with van der Waals surface area (Å²) in [6.45, 7) is 11.3. The van der Waals surface area contributed by atoms with Crippen LogP contribution in [0.5, 0.6) is 0 Å². The molecule has 0 N–H and O–H groups in total. The van der Waals surface area contributed by atoms with Crippen LogP contribution < -0.4 is 0 Å². The largest absolute Gasteiger partial charge is 0.469 e. The molecule has 2 aliphatic carbocycles. The predicted octanol–water partition coefficient (Wildman–Crippen LogP) is 4.68. The van der Waals surface area contributed by atoms with Crippen LogP contribution in [0, 0.1) is 24.2 Å². The van der Waals surface area contributed by atoms with Gasteiger partial charge in [0.2, 0.25) is 0 Å². The van der Waals surface area contributed by atoms with Crippen molar-refractivity contribution in [1.82, 2.24) is 0 Å². The minimum Gasteiger partial charge on any atom is -0.469 e. The van der Waals surface area contributed by atoms with Gasteiger partial charge in [0.15, 0.2) is 0 Å². The molecule has 0 amide bonds. The Balaban J connectivity index is 1.98. The number of carbonyl (C=O) groups is 2. The van der Waals surface area contributed by atoms with E-state index in [2.05, 4.69) is 13.8 Å². The summed E-state index contributed by atoms with van der Waals surface area (Å²) in [5.41, 5.74) is 2.29. The van der Waals surface area contributed by atoms with Gasteiger partial charge in [-0.25, -0.2) is 4.79 Å². The average molecular weight is 374 g/mol. The summed E-state index contributed by atoms with van der Waals surface area (Å²) in [5, 5.41) is 0. The smallest absolute Gasteiger partial charge is 0.333 e. The lowest BCUT2D eigenvalue weighted by molar-refractivity contribution is -0.184. The van der Waals surface area contributed by atoms with E-state index < -0.39 is 0 Å². The number of esters is 2. The second-order valence-corrected chi connectivity index (χ2v) is 8.29. The number of allylic oxidation sites excluding steroid dienone is 1. The van der Waals surface area contributed by atoms with Crippen LogP contribution in [0.15, 0.2) is 22.3 Å². The minimum atomic E-state index is -0.387. The van der Waals surface area contributed by atoms with Gasteiger partial charge in [0.25, 0.3) is 0 Å². The summed E-state index contributed by atoms with van der Waals surface area (Å²) in [6.07, 6.45) is 5.48. The lowest BCUT2D eigenvalue weighted by atomic mass is 9.53. The van der Waals surface area contributed by atoms with Gasteiger partial charge in [-0.1, -0.05) is 19.9 Å². The fraction of sp³-hybridized carbons (Fsp3) is 0.636. The van der Waals surface area contributed by atoms with Gasteiger partial charge in [0.05, 0.1) is 6.26 Å². The molecule has 0 aromatic carbocycles. The van der Waals surface area contributed by atoms with E-state index >= 15 is 0 Å². The molecule has 3 rings (SSSR count). The molecule has 0 spiro atoms. The zero-order valence-electron chi connectivity index (χ0n) is 17.1. The van der Waals surface area contributed by atoms with Crippen LogP contribution in [0.2, 0.25) is 0 Å². The summed E-state index contributed by atoms with van der Waals surface area (Å²) < 4.78 is 17.5.